The van der Waals surface area contributed by atoms with Gasteiger partial charge >= 0.3 is 0 Å². The third-order valence-corrected chi connectivity index (χ3v) is 12.4. The Hall–Kier alpha value is -7.20. The highest BCUT2D eigenvalue weighted by atomic mass is 32.1. The van der Waals surface area contributed by atoms with Crippen LogP contribution in [0.4, 0.5) is 17.1 Å². The molecule has 268 valence electrons. The van der Waals surface area contributed by atoms with Gasteiger partial charge < -0.3 is 9.47 Å². The zero-order chi connectivity index (χ0) is 37.7. The van der Waals surface area contributed by atoms with Crippen LogP contribution < -0.4 is 4.90 Å². The topological polar surface area (TPSA) is 8.17 Å². The number of hydrogen-bond donors (Lipinski definition) is 0. The number of benzene rings is 9. The number of nitrogens with zero attached hydrogens (tertiary/aromatic N) is 2. The predicted octanol–water partition coefficient (Wildman–Crippen LogP) is 15.6. The summed E-state index contributed by atoms with van der Waals surface area (Å²) in [6.07, 6.45) is 0. The van der Waals surface area contributed by atoms with Crippen molar-refractivity contribution < 1.29 is 0 Å². The van der Waals surface area contributed by atoms with Gasteiger partial charge in [0.25, 0.3) is 0 Å². The van der Waals surface area contributed by atoms with Gasteiger partial charge in [-0.1, -0.05) is 164 Å². The fourth-order valence-electron chi connectivity index (χ4n) is 8.61. The Morgan fingerprint density at radius 2 is 0.965 bits per heavy atom. The van der Waals surface area contributed by atoms with Crippen molar-refractivity contribution in [2.75, 3.05) is 4.90 Å². The Balaban J connectivity index is 1.14. The lowest BCUT2D eigenvalue weighted by Crippen LogP contribution is -2.11. The second-order valence-corrected chi connectivity index (χ2v) is 15.5. The zero-order valence-electron chi connectivity index (χ0n) is 31.1. The molecule has 0 atom stereocenters. The van der Waals surface area contributed by atoms with Crippen molar-refractivity contribution in [2.24, 2.45) is 0 Å². The third-order valence-electron chi connectivity index (χ3n) is 11.2. The number of hydrogen-bond acceptors (Lipinski definition) is 2. The van der Waals surface area contributed by atoms with Crippen LogP contribution in [0.1, 0.15) is 0 Å². The molecule has 0 aliphatic heterocycles. The molecule has 0 bridgehead atoms. The van der Waals surface area contributed by atoms with Crippen molar-refractivity contribution in [1.29, 1.82) is 0 Å². The molecule has 2 heterocycles. The Labute approximate surface area is 335 Å². The lowest BCUT2D eigenvalue weighted by Gasteiger charge is -2.29. The first kappa shape index (κ1) is 33.2. The quantitative estimate of drug-likeness (QED) is 0.158. The zero-order valence-corrected chi connectivity index (χ0v) is 31.9. The van der Waals surface area contributed by atoms with Gasteiger partial charge in [-0.15, -0.1) is 11.3 Å². The highest BCUT2D eigenvalue weighted by molar-refractivity contribution is 7.26. The van der Waals surface area contributed by atoms with Crippen LogP contribution >= 0.6 is 11.3 Å². The van der Waals surface area contributed by atoms with Crippen LogP contribution in [0.3, 0.4) is 0 Å². The lowest BCUT2D eigenvalue weighted by molar-refractivity contribution is 1.18. The number of aromatic nitrogens is 1. The SMILES string of the molecule is c1ccc(-c2ccc(-c3ccccc3)c(N(c3ccc(-c4cccc5c4c4ccccc4n5-c4ccccc4)cc3)c3cccc4c3sc3ccccc34)c2)cc1. The molecule has 0 aliphatic carbocycles. The van der Waals surface area contributed by atoms with E-state index in [9.17, 15) is 0 Å². The summed E-state index contributed by atoms with van der Waals surface area (Å²) in [6.45, 7) is 0. The smallest absolute Gasteiger partial charge is 0.0640 e. The Morgan fingerprint density at radius 3 is 1.75 bits per heavy atom. The molecule has 0 saturated carbocycles. The van der Waals surface area contributed by atoms with Crippen LogP contribution in [-0.2, 0) is 0 Å². The van der Waals surface area contributed by atoms with Crippen molar-refractivity contribution in [3.63, 3.8) is 0 Å². The van der Waals surface area contributed by atoms with E-state index >= 15 is 0 Å². The van der Waals surface area contributed by atoms with E-state index in [-0.39, 0.29) is 0 Å². The second kappa shape index (κ2) is 13.8. The minimum absolute atomic E-state index is 1.10. The van der Waals surface area contributed by atoms with Crippen LogP contribution in [0.25, 0.3) is 81.0 Å². The number of anilines is 3. The van der Waals surface area contributed by atoms with E-state index in [1.807, 2.05) is 11.3 Å². The number of para-hydroxylation sites is 2. The summed E-state index contributed by atoms with van der Waals surface area (Å²) in [6, 6.07) is 79.4. The molecule has 2 nitrogen and oxygen atoms in total. The highest BCUT2D eigenvalue weighted by Crippen LogP contribution is 2.48. The van der Waals surface area contributed by atoms with Gasteiger partial charge in [0.05, 0.1) is 27.1 Å². The number of thiophene rings is 1. The maximum atomic E-state index is 2.48. The van der Waals surface area contributed by atoms with Crippen molar-refractivity contribution in [1.82, 2.24) is 4.57 Å². The van der Waals surface area contributed by atoms with Crippen LogP contribution in [-0.4, -0.2) is 4.57 Å². The minimum atomic E-state index is 1.10. The largest absolute Gasteiger partial charge is 0.309 e. The average molecular weight is 745 g/mol. The van der Waals surface area contributed by atoms with Gasteiger partial charge in [0.15, 0.2) is 0 Å². The van der Waals surface area contributed by atoms with E-state index in [0.29, 0.717) is 0 Å². The fourth-order valence-corrected chi connectivity index (χ4v) is 9.82. The molecule has 2 aromatic heterocycles. The van der Waals surface area contributed by atoms with Crippen molar-refractivity contribution in [3.05, 3.63) is 218 Å². The van der Waals surface area contributed by atoms with Gasteiger partial charge in [-0.25, -0.2) is 0 Å². The van der Waals surface area contributed by atoms with Crippen LogP contribution in [0.5, 0.6) is 0 Å². The molecule has 57 heavy (non-hydrogen) atoms. The van der Waals surface area contributed by atoms with Crippen molar-refractivity contribution in [3.8, 4) is 39.1 Å². The van der Waals surface area contributed by atoms with E-state index in [1.54, 1.807) is 0 Å². The first-order valence-corrected chi connectivity index (χ1v) is 20.3. The fraction of sp³-hybridized carbons (Fsp3) is 0. The summed E-state index contributed by atoms with van der Waals surface area (Å²) in [5.74, 6) is 0. The molecule has 3 heteroatoms. The predicted molar refractivity (Wildman–Crippen MR) is 245 cm³/mol. The molecule has 0 N–H and O–H groups in total. The van der Waals surface area contributed by atoms with Crippen LogP contribution in [0, 0.1) is 0 Å². The molecular weight excluding hydrogens is 709 g/mol. The maximum absolute atomic E-state index is 2.48. The standard InChI is InChI=1S/C54H36N2S/c1-4-16-37(17-5-1)40-32-35-43(38-18-6-2-7-19-38)51(36-40)56(50-28-15-25-46-45-22-11-13-29-52(45)57-54(46)50)42-33-30-39(31-34-42)44-24-14-27-49-53(44)47-23-10-12-26-48(47)55(49)41-20-8-3-9-21-41/h1-36H. The molecule has 11 aromatic rings. The second-order valence-electron chi connectivity index (χ2n) is 14.5. The minimum Gasteiger partial charge on any atom is -0.309 e. The summed E-state index contributed by atoms with van der Waals surface area (Å²) in [5.41, 5.74) is 14.1. The molecule has 0 spiro atoms. The Bertz CT molecular complexity index is 3220. The molecule has 0 fully saturated rings. The molecule has 0 radical (unpaired) electrons. The monoisotopic (exact) mass is 744 g/mol. The molecule has 0 unspecified atom stereocenters. The van der Waals surface area contributed by atoms with E-state index in [4.69, 9.17) is 0 Å². The number of rotatable bonds is 7. The summed E-state index contributed by atoms with van der Waals surface area (Å²) < 4.78 is 4.95. The van der Waals surface area contributed by atoms with E-state index in [1.165, 1.54) is 75.4 Å². The normalized spacial score (nSPS) is 11.5. The molecule has 9 aromatic carbocycles. The molecule has 0 saturated heterocycles. The van der Waals surface area contributed by atoms with Crippen molar-refractivity contribution in [2.45, 2.75) is 0 Å². The van der Waals surface area contributed by atoms with E-state index < -0.39 is 0 Å². The van der Waals surface area contributed by atoms with Gasteiger partial charge in [0.1, 0.15) is 0 Å². The maximum Gasteiger partial charge on any atom is 0.0640 e. The van der Waals surface area contributed by atoms with Crippen molar-refractivity contribution >= 4 is 70.4 Å². The third kappa shape index (κ3) is 5.63. The highest BCUT2D eigenvalue weighted by Gasteiger charge is 2.23. The van der Waals surface area contributed by atoms with Gasteiger partial charge in [-0.3, -0.25) is 0 Å². The molecule has 0 amide bonds. The van der Waals surface area contributed by atoms with Gasteiger partial charge in [-0.05, 0) is 82.4 Å². The summed E-state index contributed by atoms with van der Waals surface area (Å²) in [5, 5.41) is 5.08. The van der Waals surface area contributed by atoms with Gasteiger partial charge in [0.2, 0.25) is 0 Å². The van der Waals surface area contributed by atoms with Crippen LogP contribution in [0.15, 0.2) is 218 Å². The van der Waals surface area contributed by atoms with Gasteiger partial charge in [-0.2, -0.15) is 0 Å². The van der Waals surface area contributed by atoms with E-state index in [0.717, 1.165) is 22.7 Å². The first-order valence-electron chi connectivity index (χ1n) is 19.4. The Morgan fingerprint density at radius 1 is 0.368 bits per heavy atom. The summed E-state index contributed by atoms with van der Waals surface area (Å²) >= 11 is 1.87. The lowest BCUT2D eigenvalue weighted by atomic mass is 9.96. The number of fused-ring (bicyclic) bond motifs is 6. The summed E-state index contributed by atoms with van der Waals surface area (Å²) in [4.78, 5) is 2.48. The molecule has 0 aliphatic rings. The Kier molecular flexibility index (Phi) is 8.04. The van der Waals surface area contributed by atoms with Gasteiger partial charge in [0, 0.05) is 43.2 Å². The van der Waals surface area contributed by atoms with Crippen LogP contribution in [0.2, 0.25) is 0 Å². The average Bonchev–Trinajstić information content (AvgIpc) is 3.84. The first-order chi connectivity index (χ1) is 28.3. The molecule has 11 rings (SSSR count). The summed E-state index contributed by atoms with van der Waals surface area (Å²) in [7, 11) is 0. The van der Waals surface area contributed by atoms with E-state index in [2.05, 4.69) is 228 Å². The molecular formula is C54H36N2S.